The molecule has 0 saturated carbocycles. The molecule has 0 rings (SSSR count). The Bertz CT molecular complexity index is 51.2. The number of hydrogen-bond acceptors (Lipinski definition) is 4. The normalized spacial score (nSPS) is 18.0. The lowest BCUT2D eigenvalue weighted by Gasteiger charge is -2.11. The van der Waals surface area contributed by atoms with Gasteiger partial charge in [0.1, 0.15) is 0 Å². The van der Waals surface area contributed by atoms with E-state index < -0.39 is 11.4 Å². The predicted octanol–water partition coefficient (Wildman–Crippen LogP) is -1.37. The molecule has 0 aromatic heterocycles. The van der Waals surface area contributed by atoms with E-state index in [1.165, 1.54) is 0 Å². The van der Waals surface area contributed by atoms with E-state index in [2.05, 4.69) is 12.6 Å². The molecule has 2 atom stereocenters. The first kappa shape index (κ1) is 8.23. The van der Waals surface area contributed by atoms with Gasteiger partial charge in [-0.25, -0.2) is 0 Å². The minimum Gasteiger partial charge on any atom is -0.395 e. The molecular formula is C4H10O3S. The van der Waals surface area contributed by atoms with Crippen molar-refractivity contribution in [2.24, 2.45) is 0 Å². The SMILES string of the molecule is OC[C@H](O)[C@@H](S)CO. The van der Waals surface area contributed by atoms with Crippen molar-refractivity contribution in [3.8, 4) is 0 Å². The van der Waals surface area contributed by atoms with Crippen molar-refractivity contribution < 1.29 is 15.3 Å². The monoisotopic (exact) mass is 138 g/mol. The Morgan fingerprint density at radius 2 is 1.75 bits per heavy atom. The molecule has 0 radical (unpaired) electrons. The topological polar surface area (TPSA) is 60.7 Å². The molecule has 0 amide bonds. The number of thiol groups is 1. The maximum absolute atomic E-state index is 8.64. The molecule has 0 spiro atoms. The van der Waals surface area contributed by atoms with Gasteiger partial charge in [0, 0.05) is 0 Å². The molecule has 0 aromatic carbocycles. The Hall–Kier alpha value is 0.230. The third kappa shape index (κ3) is 2.52. The highest BCUT2D eigenvalue weighted by molar-refractivity contribution is 7.81. The van der Waals surface area contributed by atoms with Gasteiger partial charge in [-0.2, -0.15) is 12.6 Å². The van der Waals surface area contributed by atoms with Crippen LogP contribution in [-0.4, -0.2) is 39.9 Å². The first-order valence-electron chi connectivity index (χ1n) is 2.30. The van der Waals surface area contributed by atoms with Gasteiger partial charge in [-0.05, 0) is 0 Å². The lowest BCUT2D eigenvalue weighted by Crippen LogP contribution is -2.27. The van der Waals surface area contributed by atoms with Gasteiger partial charge < -0.3 is 15.3 Å². The van der Waals surface area contributed by atoms with Crippen molar-refractivity contribution in [3.63, 3.8) is 0 Å². The van der Waals surface area contributed by atoms with E-state index in [9.17, 15) is 0 Å². The van der Waals surface area contributed by atoms with E-state index in [0.29, 0.717) is 0 Å². The molecular weight excluding hydrogens is 128 g/mol. The summed E-state index contributed by atoms with van der Waals surface area (Å²) in [5, 5.41) is 24.6. The maximum Gasteiger partial charge on any atom is 0.0908 e. The van der Waals surface area contributed by atoms with Crippen molar-refractivity contribution in [3.05, 3.63) is 0 Å². The summed E-state index contributed by atoms with van der Waals surface area (Å²) < 4.78 is 0. The zero-order valence-corrected chi connectivity index (χ0v) is 5.25. The molecule has 50 valence electrons. The van der Waals surface area contributed by atoms with E-state index in [-0.39, 0.29) is 13.2 Å². The van der Waals surface area contributed by atoms with E-state index in [1.54, 1.807) is 0 Å². The van der Waals surface area contributed by atoms with Crippen LogP contribution in [0.2, 0.25) is 0 Å². The molecule has 0 aromatic rings. The molecule has 4 heteroatoms. The maximum atomic E-state index is 8.64. The van der Waals surface area contributed by atoms with Crippen LogP contribution in [0.1, 0.15) is 0 Å². The second kappa shape index (κ2) is 4.14. The van der Waals surface area contributed by atoms with Gasteiger partial charge in [-0.3, -0.25) is 0 Å². The molecule has 8 heavy (non-hydrogen) atoms. The fraction of sp³-hybridized carbons (Fsp3) is 1.00. The van der Waals surface area contributed by atoms with E-state index in [0.717, 1.165) is 0 Å². The average Bonchev–Trinajstić information content (AvgIpc) is 1.84. The Kier molecular flexibility index (Phi) is 4.26. The smallest absolute Gasteiger partial charge is 0.0908 e. The van der Waals surface area contributed by atoms with Crippen LogP contribution in [0, 0.1) is 0 Å². The fourth-order valence-electron chi connectivity index (χ4n) is 0.243. The Labute approximate surface area is 53.4 Å². The summed E-state index contributed by atoms with van der Waals surface area (Å²) in [6.07, 6.45) is -0.914. The lowest BCUT2D eigenvalue weighted by molar-refractivity contribution is 0.0782. The molecule has 0 aliphatic carbocycles. The summed E-state index contributed by atoms with van der Waals surface area (Å²) in [7, 11) is 0. The highest BCUT2D eigenvalue weighted by atomic mass is 32.1. The van der Waals surface area contributed by atoms with E-state index in [1.807, 2.05) is 0 Å². The highest BCUT2D eigenvalue weighted by Gasteiger charge is 2.11. The fourth-order valence-corrected chi connectivity index (χ4v) is 0.338. The van der Waals surface area contributed by atoms with Gasteiger partial charge in [0.15, 0.2) is 0 Å². The summed E-state index contributed by atoms with van der Waals surface area (Å²) in [5.74, 6) is 0. The highest BCUT2D eigenvalue weighted by Crippen LogP contribution is 1.98. The van der Waals surface area contributed by atoms with E-state index >= 15 is 0 Å². The van der Waals surface area contributed by atoms with Crippen LogP contribution in [0.15, 0.2) is 0 Å². The molecule has 0 unspecified atom stereocenters. The molecule has 0 heterocycles. The van der Waals surface area contributed by atoms with Crippen LogP contribution in [-0.2, 0) is 0 Å². The summed E-state index contributed by atoms with van der Waals surface area (Å²) >= 11 is 3.74. The quantitative estimate of drug-likeness (QED) is 0.364. The molecule has 0 aliphatic heterocycles. The Balaban J connectivity index is 3.29. The minimum atomic E-state index is -0.914. The first-order chi connectivity index (χ1) is 3.72. The standard InChI is InChI=1S/C4H10O3S/c5-1-3(7)4(8)2-6/h3-8H,1-2H2/t3-,4-/m0/s1. The van der Waals surface area contributed by atoms with Gasteiger partial charge in [-0.15, -0.1) is 0 Å². The number of hydrogen-bond donors (Lipinski definition) is 4. The summed E-state index contributed by atoms with van der Waals surface area (Å²) in [5.41, 5.74) is 0. The average molecular weight is 138 g/mol. The van der Waals surface area contributed by atoms with Crippen LogP contribution in [0.3, 0.4) is 0 Å². The van der Waals surface area contributed by atoms with Crippen molar-refractivity contribution in [2.75, 3.05) is 13.2 Å². The molecule has 0 fully saturated rings. The Morgan fingerprint density at radius 1 is 1.25 bits per heavy atom. The van der Waals surface area contributed by atoms with Crippen molar-refractivity contribution in [1.82, 2.24) is 0 Å². The molecule has 0 aliphatic rings. The summed E-state index contributed by atoms with van der Waals surface area (Å²) in [4.78, 5) is 0. The summed E-state index contributed by atoms with van der Waals surface area (Å²) in [6.45, 7) is -0.570. The minimum absolute atomic E-state index is 0.217. The van der Waals surface area contributed by atoms with Crippen molar-refractivity contribution in [1.29, 1.82) is 0 Å². The largest absolute Gasteiger partial charge is 0.395 e. The zero-order valence-electron chi connectivity index (χ0n) is 4.36. The van der Waals surface area contributed by atoms with E-state index in [4.69, 9.17) is 15.3 Å². The zero-order chi connectivity index (χ0) is 6.57. The van der Waals surface area contributed by atoms with Gasteiger partial charge in [0.05, 0.1) is 24.6 Å². The van der Waals surface area contributed by atoms with Gasteiger partial charge in [-0.1, -0.05) is 0 Å². The van der Waals surface area contributed by atoms with Gasteiger partial charge in [0.25, 0.3) is 0 Å². The number of aliphatic hydroxyl groups excluding tert-OH is 3. The Morgan fingerprint density at radius 3 is 1.88 bits per heavy atom. The molecule has 3 nitrogen and oxygen atoms in total. The third-order valence-electron chi connectivity index (χ3n) is 0.818. The van der Waals surface area contributed by atoms with Crippen LogP contribution in [0.4, 0.5) is 0 Å². The van der Waals surface area contributed by atoms with Crippen LogP contribution in [0.25, 0.3) is 0 Å². The molecule has 3 N–H and O–H groups in total. The second-order valence-electron chi connectivity index (χ2n) is 1.50. The third-order valence-corrected chi connectivity index (χ3v) is 1.33. The van der Waals surface area contributed by atoms with Gasteiger partial charge in [0.2, 0.25) is 0 Å². The van der Waals surface area contributed by atoms with Crippen molar-refractivity contribution in [2.45, 2.75) is 11.4 Å². The van der Waals surface area contributed by atoms with Crippen LogP contribution >= 0.6 is 12.6 Å². The molecule has 0 saturated heterocycles. The molecule has 0 bridgehead atoms. The van der Waals surface area contributed by atoms with Crippen LogP contribution in [0.5, 0.6) is 0 Å². The lowest BCUT2D eigenvalue weighted by atomic mass is 10.3. The number of rotatable bonds is 3. The first-order valence-corrected chi connectivity index (χ1v) is 2.82. The second-order valence-corrected chi connectivity index (χ2v) is 2.16. The predicted molar refractivity (Wildman–Crippen MR) is 33.0 cm³/mol. The van der Waals surface area contributed by atoms with Crippen LogP contribution < -0.4 is 0 Å². The van der Waals surface area contributed by atoms with Gasteiger partial charge >= 0.3 is 0 Å². The van der Waals surface area contributed by atoms with Crippen molar-refractivity contribution >= 4 is 12.6 Å². The summed E-state index contributed by atoms with van der Waals surface area (Å²) in [6, 6.07) is 0. The number of aliphatic hydroxyl groups is 3.